The van der Waals surface area contributed by atoms with Gasteiger partial charge in [0.1, 0.15) is 5.75 Å². The van der Waals surface area contributed by atoms with Crippen LogP contribution in [0.5, 0.6) is 5.75 Å². The third kappa shape index (κ3) is 4.35. The van der Waals surface area contributed by atoms with Crippen LogP contribution in [0.2, 0.25) is 0 Å². The topological polar surface area (TPSA) is 41.6 Å². The maximum absolute atomic E-state index is 12.0. The zero-order valence-electron chi connectivity index (χ0n) is 15.7. The number of nitrogens with zero attached hydrogens (tertiary/aromatic N) is 1. The van der Waals surface area contributed by atoms with Crippen LogP contribution in [0.1, 0.15) is 69.4 Å². The number of rotatable bonds is 8. The Bertz CT molecular complexity index is 587. The summed E-state index contributed by atoms with van der Waals surface area (Å²) < 4.78 is 5.51. The molecule has 1 saturated heterocycles. The van der Waals surface area contributed by atoms with Crippen LogP contribution in [0.25, 0.3) is 0 Å². The van der Waals surface area contributed by atoms with Crippen molar-refractivity contribution in [2.45, 2.75) is 70.8 Å². The Labute approximate surface area is 151 Å². The third-order valence-corrected chi connectivity index (χ3v) is 5.63. The van der Waals surface area contributed by atoms with Crippen LogP contribution in [0, 0.1) is 0 Å². The van der Waals surface area contributed by atoms with Gasteiger partial charge in [0.05, 0.1) is 0 Å². The molecule has 0 bridgehead atoms. The smallest absolute Gasteiger partial charge is 0.410 e. The van der Waals surface area contributed by atoms with Gasteiger partial charge in [0, 0.05) is 18.5 Å². The van der Waals surface area contributed by atoms with E-state index in [-0.39, 0.29) is 6.09 Å². The first-order chi connectivity index (χ1) is 12.2. The lowest BCUT2D eigenvalue weighted by Crippen LogP contribution is -2.31. The van der Waals surface area contributed by atoms with E-state index in [1.165, 1.54) is 49.9 Å². The number of hydrogen-bond acceptors (Lipinski definition) is 3. The minimum atomic E-state index is -0.329. The zero-order chi connectivity index (χ0) is 17.6. The van der Waals surface area contributed by atoms with Crippen LogP contribution in [0.15, 0.2) is 18.2 Å². The van der Waals surface area contributed by atoms with Gasteiger partial charge in [-0.05, 0) is 62.0 Å². The Balaban J connectivity index is 1.54. The molecule has 0 aromatic heterocycles. The first-order valence-corrected chi connectivity index (χ1v) is 10.1. The van der Waals surface area contributed by atoms with Crippen molar-refractivity contribution >= 4 is 6.09 Å². The number of ether oxygens (including phenoxy) is 1. The highest BCUT2D eigenvalue weighted by Gasteiger charge is 2.40. The number of hydrogen-bond donors (Lipinski definition) is 1. The van der Waals surface area contributed by atoms with Crippen LogP contribution >= 0.6 is 0 Å². The second-order valence-corrected chi connectivity index (χ2v) is 7.44. The summed E-state index contributed by atoms with van der Waals surface area (Å²) in [6.45, 7) is 7.53. The van der Waals surface area contributed by atoms with Crippen molar-refractivity contribution in [2.24, 2.45) is 0 Å². The van der Waals surface area contributed by atoms with E-state index >= 15 is 0 Å². The second-order valence-electron chi connectivity index (χ2n) is 7.44. The van der Waals surface area contributed by atoms with Gasteiger partial charge in [-0.3, -0.25) is 4.90 Å². The summed E-state index contributed by atoms with van der Waals surface area (Å²) in [5.41, 5.74) is 2.83. The molecular weight excluding hydrogens is 312 g/mol. The number of benzene rings is 1. The van der Waals surface area contributed by atoms with E-state index in [2.05, 4.69) is 36.2 Å². The van der Waals surface area contributed by atoms with Gasteiger partial charge in [-0.15, -0.1) is 0 Å². The van der Waals surface area contributed by atoms with E-state index < -0.39 is 0 Å². The molecule has 4 nitrogen and oxygen atoms in total. The molecule has 1 aromatic rings. The van der Waals surface area contributed by atoms with Crippen molar-refractivity contribution in [2.75, 3.05) is 19.6 Å². The minimum Gasteiger partial charge on any atom is -0.410 e. The number of likely N-dealkylation sites (tertiary alicyclic amines) is 1. The number of carbonyl (C=O) groups is 1. The lowest BCUT2D eigenvalue weighted by Gasteiger charge is -2.22. The molecular formula is C21H32N2O2. The van der Waals surface area contributed by atoms with Gasteiger partial charge in [-0.2, -0.15) is 0 Å². The molecule has 1 amide bonds. The summed E-state index contributed by atoms with van der Waals surface area (Å²) in [7, 11) is 0. The molecule has 1 heterocycles. The Morgan fingerprint density at radius 2 is 2.12 bits per heavy atom. The molecule has 4 heteroatoms. The average Bonchev–Trinajstić information content (AvgIpc) is 3.15. The van der Waals surface area contributed by atoms with Crippen molar-refractivity contribution in [3.8, 4) is 5.75 Å². The Morgan fingerprint density at radius 3 is 2.92 bits per heavy atom. The molecule has 1 fully saturated rings. The van der Waals surface area contributed by atoms with Crippen LogP contribution in [-0.4, -0.2) is 36.7 Å². The van der Waals surface area contributed by atoms with Crippen molar-refractivity contribution in [3.05, 3.63) is 29.3 Å². The third-order valence-electron chi connectivity index (χ3n) is 5.63. The maximum Gasteiger partial charge on any atom is 0.412 e. The first-order valence-electron chi connectivity index (χ1n) is 10.1. The molecule has 1 aromatic carbocycles. The summed E-state index contributed by atoms with van der Waals surface area (Å²) in [5, 5.41) is 2.86. The van der Waals surface area contributed by atoms with E-state index in [1.807, 2.05) is 6.07 Å². The van der Waals surface area contributed by atoms with E-state index in [1.54, 1.807) is 0 Å². The highest BCUT2D eigenvalue weighted by atomic mass is 16.6. The second kappa shape index (κ2) is 8.70. The molecule has 0 saturated carbocycles. The lowest BCUT2D eigenvalue weighted by atomic mass is 9.98. The molecule has 1 aliphatic carbocycles. The molecule has 0 spiro atoms. The molecule has 2 aliphatic rings. The van der Waals surface area contributed by atoms with Crippen molar-refractivity contribution in [1.82, 2.24) is 10.2 Å². The number of amides is 1. The predicted molar refractivity (Wildman–Crippen MR) is 101 cm³/mol. The fourth-order valence-corrected chi connectivity index (χ4v) is 4.39. The molecule has 25 heavy (non-hydrogen) atoms. The highest BCUT2D eigenvalue weighted by molar-refractivity contribution is 5.70. The van der Waals surface area contributed by atoms with Gasteiger partial charge in [-0.25, -0.2) is 4.79 Å². The summed E-state index contributed by atoms with van der Waals surface area (Å²) >= 11 is 0. The fourth-order valence-electron chi connectivity index (χ4n) is 4.39. The van der Waals surface area contributed by atoms with Crippen LogP contribution < -0.4 is 10.1 Å². The van der Waals surface area contributed by atoms with Crippen molar-refractivity contribution in [1.29, 1.82) is 0 Å². The predicted octanol–water partition coefficient (Wildman–Crippen LogP) is 4.48. The van der Waals surface area contributed by atoms with Crippen LogP contribution in [-0.2, 0) is 6.42 Å². The largest absolute Gasteiger partial charge is 0.412 e. The normalized spacial score (nSPS) is 21.8. The number of nitrogens with one attached hydrogen (secondary N) is 1. The summed E-state index contributed by atoms with van der Waals surface area (Å²) in [6.07, 6.45) is 7.86. The Morgan fingerprint density at radius 1 is 1.24 bits per heavy atom. The number of fused-ring (bicyclic) bond motifs is 3. The Kier molecular flexibility index (Phi) is 6.35. The van der Waals surface area contributed by atoms with E-state index in [4.69, 9.17) is 4.74 Å². The summed E-state index contributed by atoms with van der Waals surface area (Å²) in [6, 6.07) is 6.85. The van der Waals surface area contributed by atoms with Gasteiger partial charge in [0.15, 0.2) is 0 Å². The van der Waals surface area contributed by atoms with Crippen LogP contribution in [0.4, 0.5) is 4.79 Å². The molecule has 1 aliphatic heterocycles. The maximum atomic E-state index is 12.0. The average molecular weight is 344 g/mol. The van der Waals surface area contributed by atoms with Crippen molar-refractivity contribution < 1.29 is 9.53 Å². The zero-order valence-corrected chi connectivity index (χ0v) is 15.7. The van der Waals surface area contributed by atoms with Gasteiger partial charge in [0.25, 0.3) is 0 Å². The van der Waals surface area contributed by atoms with E-state index in [0.29, 0.717) is 24.3 Å². The Hall–Kier alpha value is -1.55. The SMILES string of the molecule is CCCCCCNC(=O)Oc1ccc2c(c1)[C@@H]1CCN(CCC)C1C2. The summed E-state index contributed by atoms with van der Waals surface area (Å²) in [4.78, 5) is 14.6. The standard InChI is InChI=1S/C21H32N2O2/c1-3-5-6-7-11-22-21(24)25-17-9-8-16-14-20-18(19(16)15-17)10-13-23(20)12-4-2/h8-9,15,18,20H,3-7,10-14H2,1-2H3,(H,22,24)/t18-,20?/m0/s1. The number of carbonyl (C=O) groups excluding carboxylic acids is 1. The van der Waals surface area contributed by atoms with Gasteiger partial charge in [-0.1, -0.05) is 39.2 Å². The quantitative estimate of drug-likeness (QED) is 0.707. The van der Waals surface area contributed by atoms with Crippen molar-refractivity contribution in [3.63, 3.8) is 0 Å². The van der Waals surface area contributed by atoms with E-state index in [9.17, 15) is 4.79 Å². The first kappa shape index (κ1) is 18.2. The van der Waals surface area contributed by atoms with Gasteiger partial charge in [0.2, 0.25) is 0 Å². The number of unbranched alkanes of at least 4 members (excludes halogenated alkanes) is 3. The van der Waals surface area contributed by atoms with Gasteiger partial charge < -0.3 is 10.1 Å². The van der Waals surface area contributed by atoms with Gasteiger partial charge >= 0.3 is 6.09 Å². The monoisotopic (exact) mass is 344 g/mol. The highest BCUT2D eigenvalue weighted by Crippen LogP contribution is 2.44. The summed E-state index contributed by atoms with van der Waals surface area (Å²) in [5.74, 6) is 1.29. The fraction of sp³-hybridized carbons (Fsp3) is 0.667. The molecule has 3 rings (SSSR count). The lowest BCUT2D eigenvalue weighted by molar-refractivity contribution is 0.200. The molecule has 1 N–H and O–H groups in total. The molecule has 1 unspecified atom stereocenters. The minimum absolute atomic E-state index is 0.329. The molecule has 138 valence electrons. The van der Waals surface area contributed by atoms with E-state index in [0.717, 1.165) is 19.3 Å². The van der Waals surface area contributed by atoms with Crippen LogP contribution in [0.3, 0.4) is 0 Å². The molecule has 0 radical (unpaired) electrons. The molecule has 2 atom stereocenters.